The third-order valence-corrected chi connectivity index (χ3v) is 2.00. The minimum absolute atomic E-state index is 0.0494. The normalized spacial score (nSPS) is 8.93. The van der Waals surface area contributed by atoms with Crippen LogP contribution in [0.3, 0.4) is 0 Å². The van der Waals surface area contributed by atoms with Crippen LogP contribution in [-0.2, 0) is 4.79 Å². The Hall–Kier alpha value is -1.47. The summed E-state index contributed by atoms with van der Waals surface area (Å²) in [7, 11) is 0. The maximum absolute atomic E-state index is 10.6. The molecule has 4 heteroatoms. The number of nitrogens with zero attached hydrogens (tertiary/aromatic N) is 1. The van der Waals surface area contributed by atoms with Crippen molar-refractivity contribution >= 4 is 16.9 Å². The summed E-state index contributed by atoms with van der Waals surface area (Å²) in [6.07, 6.45) is 2.90. The molecule has 0 radical (unpaired) electrons. The summed E-state index contributed by atoms with van der Waals surface area (Å²) in [6, 6.07) is 1.53. The molecular formula is C10H9NO2S. The van der Waals surface area contributed by atoms with Crippen molar-refractivity contribution in [1.29, 1.82) is 0 Å². The van der Waals surface area contributed by atoms with Crippen LogP contribution in [0.25, 0.3) is 0 Å². The fraction of sp³-hybridized carbons (Fsp3) is 0.200. The van der Waals surface area contributed by atoms with Crippen molar-refractivity contribution in [3.8, 4) is 17.6 Å². The molecule has 0 amide bonds. The van der Waals surface area contributed by atoms with E-state index in [4.69, 9.17) is 5.11 Å². The lowest BCUT2D eigenvalue weighted by Crippen LogP contribution is -1.82. The molecule has 0 saturated heterocycles. The van der Waals surface area contributed by atoms with Gasteiger partial charge in [0.2, 0.25) is 0 Å². The van der Waals surface area contributed by atoms with Gasteiger partial charge in [-0.25, -0.2) is 0 Å². The lowest BCUT2D eigenvalue weighted by molar-refractivity contribution is -0.109. The van der Waals surface area contributed by atoms with Crippen LogP contribution in [-0.4, -0.2) is 21.0 Å². The topological polar surface area (TPSA) is 50.2 Å². The van der Waals surface area contributed by atoms with Crippen molar-refractivity contribution in [2.24, 2.45) is 0 Å². The highest BCUT2D eigenvalue weighted by Gasteiger charge is 1.91. The van der Waals surface area contributed by atoms with Crippen LogP contribution in [0.1, 0.15) is 12.5 Å². The van der Waals surface area contributed by atoms with Gasteiger partial charge in [0.05, 0.1) is 11.9 Å². The Morgan fingerprint density at radius 2 is 2.43 bits per heavy atom. The minimum atomic E-state index is 0.0494. The largest absolute Gasteiger partial charge is 0.506 e. The summed E-state index contributed by atoms with van der Waals surface area (Å²) >= 11 is 1.16. The molecule has 0 saturated carbocycles. The summed E-state index contributed by atoms with van der Waals surface area (Å²) in [5, 5.41) is 9.12. The molecule has 14 heavy (non-hydrogen) atoms. The SMILES string of the molecule is CC(=O)SCC#Cc1cncc(O)c1. The molecule has 0 aliphatic rings. The lowest BCUT2D eigenvalue weighted by Gasteiger charge is -1.90. The van der Waals surface area contributed by atoms with Crippen LogP contribution in [0.2, 0.25) is 0 Å². The molecule has 1 aromatic rings. The van der Waals surface area contributed by atoms with Crippen LogP contribution in [0.15, 0.2) is 18.5 Å². The van der Waals surface area contributed by atoms with E-state index in [2.05, 4.69) is 16.8 Å². The molecule has 0 fully saturated rings. The molecule has 1 aromatic heterocycles. The van der Waals surface area contributed by atoms with E-state index in [1.807, 2.05) is 0 Å². The smallest absolute Gasteiger partial charge is 0.186 e. The summed E-state index contributed by atoms with van der Waals surface area (Å²) in [6.45, 7) is 1.50. The van der Waals surface area contributed by atoms with Crippen molar-refractivity contribution in [3.63, 3.8) is 0 Å². The van der Waals surface area contributed by atoms with Crippen molar-refractivity contribution in [3.05, 3.63) is 24.0 Å². The second kappa shape index (κ2) is 5.30. The van der Waals surface area contributed by atoms with E-state index in [1.54, 1.807) is 6.20 Å². The van der Waals surface area contributed by atoms with Crippen LogP contribution >= 0.6 is 11.8 Å². The first-order valence-corrected chi connectivity index (χ1v) is 4.93. The number of hydrogen-bond acceptors (Lipinski definition) is 4. The number of aromatic hydroxyl groups is 1. The maximum atomic E-state index is 10.6. The van der Waals surface area contributed by atoms with E-state index in [9.17, 15) is 4.79 Å². The van der Waals surface area contributed by atoms with Gasteiger partial charge in [-0.05, 0) is 6.07 Å². The van der Waals surface area contributed by atoms with Gasteiger partial charge in [0.1, 0.15) is 5.75 Å². The maximum Gasteiger partial charge on any atom is 0.186 e. The predicted octanol–water partition coefficient (Wildman–Crippen LogP) is 1.42. The molecule has 3 nitrogen and oxygen atoms in total. The monoisotopic (exact) mass is 207 g/mol. The summed E-state index contributed by atoms with van der Waals surface area (Å²) < 4.78 is 0. The molecule has 0 spiro atoms. The zero-order chi connectivity index (χ0) is 10.4. The first-order valence-electron chi connectivity index (χ1n) is 3.95. The van der Waals surface area contributed by atoms with E-state index >= 15 is 0 Å². The van der Waals surface area contributed by atoms with Crippen molar-refractivity contribution in [2.75, 3.05) is 5.75 Å². The van der Waals surface area contributed by atoms with E-state index in [-0.39, 0.29) is 10.9 Å². The Morgan fingerprint density at radius 3 is 3.07 bits per heavy atom. The Labute approximate surface area is 86.6 Å². The summed E-state index contributed by atoms with van der Waals surface area (Å²) in [5.41, 5.74) is 0.647. The van der Waals surface area contributed by atoms with Gasteiger partial charge in [0.25, 0.3) is 0 Å². The average molecular weight is 207 g/mol. The Kier molecular flexibility index (Phi) is 4.02. The van der Waals surface area contributed by atoms with Gasteiger partial charge in [0, 0.05) is 18.7 Å². The third-order valence-electron chi connectivity index (χ3n) is 1.30. The molecular weight excluding hydrogens is 198 g/mol. The molecule has 1 N–H and O–H groups in total. The molecule has 0 aromatic carbocycles. The van der Waals surface area contributed by atoms with E-state index < -0.39 is 0 Å². The lowest BCUT2D eigenvalue weighted by atomic mass is 10.3. The zero-order valence-electron chi connectivity index (χ0n) is 7.65. The second-order valence-electron chi connectivity index (χ2n) is 2.51. The van der Waals surface area contributed by atoms with Gasteiger partial charge in [-0.2, -0.15) is 0 Å². The second-order valence-corrected chi connectivity index (χ2v) is 3.67. The fourth-order valence-corrected chi connectivity index (χ4v) is 1.12. The van der Waals surface area contributed by atoms with Gasteiger partial charge in [0.15, 0.2) is 5.12 Å². The van der Waals surface area contributed by atoms with Crippen LogP contribution in [0.5, 0.6) is 5.75 Å². The molecule has 0 aliphatic carbocycles. The number of carbonyl (C=O) groups excluding carboxylic acids is 1. The highest BCUT2D eigenvalue weighted by atomic mass is 32.2. The van der Waals surface area contributed by atoms with E-state index in [0.29, 0.717) is 11.3 Å². The zero-order valence-corrected chi connectivity index (χ0v) is 8.47. The summed E-state index contributed by atoms with van der Waals surface area (Å²) in [5.74, 6) is 6.15. The van der Waals surface area contributed by atoms with Gasteiger partial charge in [-0.1, -0.05) is 23.6 Å². The van der Waals surface area contributed by atoms with Crippen LogP contribution in [0.4, 0.5) is 0 Å². The molecule has 0 bridgehead atoms. The highest BCUT2D eigenvalue weighted by Crippen LogP contribution is 2.07. The quantitative estimate of drug-likeness (QED) is 0.707. The molecule has 1 rings (SSSR count). The van der Waals surface area contributed by atoms with Crippen molar-refractivity contribution < 1.29 is 9.90 Å². The van der Waals surface area contributed by atoms with E-state index in [0.717, 1.165) is 11.8 Å². The fourth-order valence-electron chi connectivity index (χ4n) is 0.772. The Bertz CT molecular complexity index is 393. The van der Waals surface area contributed by atoms with Crippen molar-refractivity contribution in [1.82, 2.24) is 4.98 Å². The average Bonchev–Trinajstić information content (AvgIpc) is 2.12. The van der Waals surface area contributed by atoms with Gasteiger partial charge >= 0.3 is 0 Å². The van der Waals surface area contributed by atoms with Gasteiger partial charge < -0.3 is 5.11 Å². The number of hydrogen-bond donors (Lipinski definition) is 1. The molecule has 0 aliphatic heterocycles. The number of pyridine rings is 1. The Balaban J connectivity index is 2.55. The van der Waals surface area contributed by atoms with Gasteiger partial charge in [-0.3, -0.25) is 9.78 Å². The number of rotatable bonds is 1. The standard InChI is InChI=1S/C10H9NO2S/c1-8(12)14-4-2-3-9-5-10(13)7-11-6-9/h5-7,13H,4H2,1H3. The third kappa shape index (κ3) is 3.97. The van der Waals surface area contributed by atoms with Crippen LogP contribution < -0.4 is 0 Å². The number of thioether (sulfide) groups is 1. The highest BCUT2D eigenvalue weighted by molar-refractivity contribution is 8.13. The number of carbonyl (C=O) groups is 1. The minimum Gasteiger partial charge on any atom is -0.506 e. The predicted molar refractivity (Wildman–Crippen MR) is 55.9 cm³/mol. The first-order chi connectivity index (χ1) is 6.68. The molecule has 0 atom stereocenters. The molecule has 72 valence electrons. The summed E-state index contributed by atoms with van der Waals surface area (Å²) in [4.78, 5) is 14.3. The van der Waals surface area contributed by atoms with Crippen molar-refractivity contribution in [2.45, 2.75) is 6.92 Å². The molecule has 1 heterocycles. The van der Waals surface area contributed by atoms with E-state index in [1.165, 1.54) is 19.2 Å². The first kappa shape index (κ1) is 10.6. The molecule has 0 unspecified atom stereocenters. The van der Waals surface area contributed by atoms with Crippen LogP contribution in [0, 0.1) is 11.8 Å². The Morgan fingerprint density at radius 1 is 1.64 bits per heavy atom. The van der Waals surface area contributed by atoms with Gasteiger partial charge in [-0.15, -0.1) is 0 Å². The number of aromatic nitrogens is 1.